The lowest BCUT2D eigenvalue weighted by Crippen LogP contribution is -2.29. The van der Waals surface area contributed by atoms with Crippen LogP contribution >= 0.6 is 0 Å². The number of esters is 1. The molecule has 8 nitrogen and oxygen atoms in total. The number of nitrogens with one attached hydrogen (secondary N) is 1. The number of hydrogen-bond donors (Lipinski definition) is 1. The van der Waals surface area contributed by atoms with Crippen molar-refractivity contribution in [2.24, 2.45) is 0 Å². The first kappa shape index (κ1) is 24.4. The largest absolute Gasteiger partial charge is 0.495 e. The number of aromatic nitrogens is 2. The number of carbonyl (C=O) groups excluding carboxylic acids is 2. The third-order valence-corrected chi connectivity index (χ3v) is 5.43. The molecule has 1 amide bonds. The van der Waals surface area contributed by atoms with Crippen molar-refractivity contribution in [3.63, 3.8) is 0 Å². The van der Waals surface area contributed by atoms with E-state index in [1.807, 2.05) is 43.3 Å². The van der Waals surface area contributed by atoms with Gasteiger partial charge in [-0.05, 0) is 36.2 Å². The van der Waals surface area contributed by atoms with E-state index in [9.17, 15) is 14.4 Å². The van der Waals surface area contributed by atoms with Crippen molar-refractivity contribution >= 4 is 17.6 Å². The van der Waals surface area contributed by atoms with Gasteiger partial charge in [0.1, 0.15) is 5.75 Å². The Morgan fingerprint density at radius 3 is 2.33 bits per heavy atom. The Morgan fingerprint density at radius 1 is 0.944 bits per heavy atom. The van der Waals surface area contributed by atoms with Gasteiger partial charge in [0.25, 0.3) is 11.5 Å². The van der Waals surface area contributed by atoms with Crippen LogP contribution in [0.25, 0.3) is 0 Å². The van der Waals surface area contributed by atoms with E-state index in [4.69, 9.17) is 9.47 Å². The molecule has 182 valence electrons. The summed E-state index contributed by atoms with van der Waals surface area (Å²) in [6.07, 6.45) is -1.26. The standard InChI is InChI=1S/C28H25N3O5/c1-19-13-15-24(35-2)23(17-19)29-27(33)26(21-11-7-4-8-12-21)36-28(34)22-14-16-25(32)31(30-22)18-20-9-5-3-6-10-20/h3-17,26H,18H2,1-2H3,(H,29,33). The fraction of sp³-hybridized carbons (Fsp3) is 0.143. The number of rotatable bonds is 8. The fourth-order valence-electron chi connectivity index (χ4n) is 3.61. The smallest absolute Gasteiger partial charge is 0.359 e. The van der Waals surface area contributed by atoms with Crippen molar-refractivity contribution in [3.05, 3.63) is 124 Å². The molecule has 8 heteroatoms. The molecule has 1 N–H and O–H groups in total. The fourth-order valence-corrected chi connectivity index (χ4v) is 3.61. The summed E-state index contributed by atoms with van der Waals surface area (Å²) in [6, 6.07) is 25.9. The zero-order valence-electron chi connectivity index (χ0n) is 19.9. The molecule has 1 unspecified atom stereocenters. The number of aryl methyl sites for hydroxylation is 1. The SMILES string of the molecule is COc1ccc(C)cc1NC(=O)C(OC(=O)c1ccc(=O)n(Cc2ccccc2)n1)c1ccccc1. The van der Waals surface area contributed by atoms with Crippen LogP contribution in [0, 0.1) is 6.92 Å². The predicted octanol–water partition coefficient (Wildman–Crippen LogP) is 4.15. The third-order valence-electron chi connectivity index (χ3n) is 5.43. The van der Waals surface area contributed by atoms with Gasteiger partial charge in [-0.25, -0.2) is 9.48 Å². The topological polar surface area (TPSA) is 99.5 Å². The van der Waals surface area contributed by atoms with Crippen LogP contribution in [0.3, 0.4) is 0 Å². The molecular weight excluding hydrogens is 458 g/mol. The van der Waals surface area contributed by atoms with Gasteiger partial charge >= 0.3 is 5.97 Å². The van der Waals surface area contributed by atoms with Crippen LogP contribution in [0.2, 0.25) is 0 Å². The number of hydrogen-bond acceptors (Lipinski definition) is 6. The van der Waals surface area contributed by atoms with Crippen LogP contribution in [0.5, 0.6) is 5.75 Å². The molecule has 0 saturated heterocycles. The molecule has 0 fully saturated rings. The average Bonchev–Trinajstić information content (AvgIpc) is 2.89. The molecule has 0 aliphatic rings. The van der Waals surface area contributed by atoms with Crippen molar-refractivity contribution < 1.29 is 19.1 Å². The normalized spacial score (nSPS) is 11.4. The number of methoxy groups -OCH3 is 1. The van der Waals surface area contributed by atoms with Crippen molar-refractivity contribution in [1.29, 1.82) is 0 Å². The Kier molecular flexibility index (Phi) is 7.55. The Bertz CT molecular complexity index is 1420. The molecule has 1 heterocycles. The van der Waals surface area contributed by atoms with E-state index in [-0.39, 0.29) is 17.8 Å². The van der Waals surface area contributed by atoms with Crippen LogP contribution in [0.15, 0.2) is 95.8 Å². The van der Waals surface area contributed by atoms with Crippen LogP contribution in [-0.4, -0.2) is 28.8 Å². The molecule has 0 bridgehead atoms. The molecule has 4 aromatic rings. The van der Waals surface area contributed by atoms with Crippen molar-refractivity contribution in [1.82, 2.24) is 9.78 Å². The molecule has 0 radical (unpaired) electrons. The zero-order valence-corrected chi connectivity index (χ0v) is 19.9. The summed E-state index contributed by atoms with van der Waals surface area (Å²) in [5.41, 5.74) is 2.25. The number of nitrogens with zero attached hydrogens (tertiary/aromatic N) is 2. The summed E-state index contributed by atoms with van der Waals surface area (Å²) < 4.78 is 12.2. The molecule has 0 aliphatic heterocycles. The van der Waals surface area contributed by atoms with Crippen molar-refractivity contribution in [3.8, 4) is 5.75 Å². The summed E-state index contributed by atoms with van der Waals surface area (Å²) in [5, 5.41) is 6.97. The van der Waals surface area contributed by atoms with E-state index in [1.165, 1.54) is 23.9 Å². The van der Waals surface area contributed by atoms with Gasteiger partial charge in [0, 0.05) is 11.6 Å². The lowest BCUT2D eigenvalue weighted by atomic mass is 10.1. The van der Waals surface area contributed by atoms with E-state index >= 15 is 0 Å². The van der Waals surface area contributed by atoms with Gasteiger partial charge in [0.15, 0.2) is 5.69 Å². The highest BCUT2D eigenvalue weighted by Gasteiger charge is 2.27. The Labute approximate surface area is 208 Å². The highest BCUT2D eigenvalue weighted by atomic mass is 16.5. The lowest BCUT2D eigenvalue weighted by molar-refractivity contribution is -0.125. The van der Waals surface area contributed by atoms with Crippen LogP contribution in [0.1, 0.15) is 33.3 Å². The summed E-state index contributed by atoms with van der Waals surface area (Å²) >= 11 is 0. The average molecular weight is 484 g/mol. The monoisotopic (exact) mass is 483 g/mol. The summed E-state index contributed by atoms with van der Waals surface area (Å²) in [4.78, 5) is 38.7. The molecule has 1 aromatic heterocycles. The second kappa shape index (κ2) is 11.1. The van der Waals surface area contributed by atoms with E-state index in [0.717, 1.165) is 11.1 Å². The van der Waals surface area contributed by atoms with Gasteiger partial charge in [-0.2, -0.15) is 5.10 Å². The Balaban J connectivity index is 1.60. The minimum Gasteiger partial charge on any atom is -0.495 e. The van der Waals surface area contributed by atoms with E-state index < -0.39 is 18.0 Å². The van der Waals surface area contributed by atoms with E-state index in [2.05, 4.69) is 10.4 Å². The van der Waals surface area contributed by atoms with E-state index in [1.54, 1.807) is 42.5 Å². The minimum absolute atomic E-state index is 0.0904. The first-order valence-corrected chi connectivity index (χ1v) is 11.3. The second-order valence-electron chi connectivity index (χ2n) is 8.09. The third kappa shape index (κ3) is 5.85. The Hall–Kier alpha value is -4.72. The number of anilines is 1. The zero-order chi connectivity index (χ0) is 25.5. The minimum atomic E-state index is -1.26. The highest BCUT2D eigenvalue weighted by molar-refractivity contribution is 5.98. The maximum Gasteiger partial charge on any atom is 0.359 e. The Morgan fingerprint density at radius 2 is 1.64 bits per heavy atom. The quantitative estimate of drug-likeness (QED) is 0.378. The van der Waals surface area contributed by atoms with Crippen LogP contribution in [-0.2, 0) is 16.1 Å². The molecule has 0 aliphatic carbocycles. The van der Waals surface area contributed by atoms with Gasteiger partial charge in [0.05, 0.1) is 19.3 Å². The summed E-state index contributed by atoms with van der Waals surface area (Å²) in [6.45, 7) is 2.08. The maximum absolute atomic E-state index is 13.3. The number of amides is 1. The van der Waals surface area contributed by atoms with Gasteiger partial charge in [-0.1, -0.05) is 66.7 Å². The second-order valence-corrected chi connectivity index (χ2v) is 8.09. The summed E-state index contributed by atoms with van der Waals surface area (Å²) in [7, 11) is 1.51. The van der Waals surface area contributed by atoms with Gasteiger partial charge in [-0.3, -0.25) is 9.59 Å². The molecule has 0 spiro atoms. The first-order chi connectivity index (χ1) is 17.4. The molecule has 36 heavy (non-hydrogen) atoms. The molecular formula is C28H25N3O5. The van der Waals surface area contributed by atoms with Crippen LogP contribution < -0.4 is 15.6 Å². The van der Waals surface area contributed by atoms with Gasteiger partial charge < -0.3 is 14.8 Å². The van der Waals surface area contributed by atoms with Crippen LogP contribution in [0.4, 0.5) is 5.69 Å². The maximum atomic E-state index is 13.3. The molecule has 4 rings (SSSR count). The number of benzene rings is 3. The molecule has 1 atom stereocenters. The molecule has 3 aromatic carbocycles. The van der Waals surface area contributed by atoms with Gasteiger partial charge in [-0.15, -0.1) is 0 Å². The van der Waals surface area contributed by atoms with Crippen molar-refractivity contribution in [2.45, 2.75) is 19.6 Å². The van der Waals surface area contributed by atoms with Crippen molar-refractivity contribution in [2.75, 3.05) is 12.4 Å². The first-order valence-electron chi connectivity index (χ1n) is 11.3. The molecule has 0 saturated carbocycles. The predicted molar refractivity (Wildman–Crippen MR) is 135 cm³/mol. The van der Waals surface area contributed by atoms with Gasteiger partial charge in [0.2, 0.25) is 6.10 Å². The number of carbonyl (C=O) groups is 2. The van der Waals surface area contributed by atoms with E-state index in [0.29, 0.717) is 17.0 Å². The summed E-state index contributed by atoms with van der Waals surface area (Å²) in [5.74, 6) is -0.921. The highest BCUT2D eigenvalue weighted by Crippen LogP contribution is 2.28. The lowest BCUT2D eigenvalue weighted by Gasteiger charge is -2.19. The number of ether oxygens (including phenoxy) is 2.